The van der Waals surface area contributed by atoms with E-state index in [1.807, 2.05) is 0 Å². The third kappa shape index (κ3) is 2.44. The summed E-state index contributed by atoms with van der Waals surface area (Å²) in [6, 6.07) is 7.29. The number of sulfonamides is 1. The average molecular weight is 295 g/mol. The molecule has 2 rings (SSSR count). The molecular weight excluding hydrogens is 281 g/mol. The second-order valence-electron chi connectivity index (χ2n) is 4.30. The summed E-state index contributed by atoms with van der Waals surface area (Å²) in [5, 5.41) is 0. The van der Waals surface area contributed by atoms with Gasteiger partial charge in [-0.1, -0.05) is 6.07 Å². The third-order valence-corrected chi connectivity index (χ3v) is 4.63. The van der Waals surface area contributed by atoms with Crippen LogP contribution >= 0.6 is 0 Å². The van der Waals surface area contributed by atoms with Crippen LogP contribution in [0.5, 0.6) is 0 Å². The zero-order valence-corrected chi connectivity index (χ0v) is 11.9. The molecule has 1 aromatic carbocycles. The fourth-order valence-electron chi connectivity index (χ4n) is 1.73. The predicted octanol–water partition coefficient (Wildman–Crippen LogP) is 1.94. The first-order chi connectivity index (χ1) is 9.34. The van der Waals surface area contributed by atoms with E-state index in [-0.39, 0.29) is 22.0 Å². The van der Waals surface area contributed by atoms with Crippen LogP contribution in [0.25, 0.3) is 0 Å². The quantitative estimate of drug-likeness (QED) is 0.878. The lowest BCUT2D eigenvalue weighted by Gasteiger charge is -2.19. The number of nitrogens with zero attached hydrogens (tertiary/aromatic N) is 2. The maximum absolute atomic E-state index is 13.5. The summed E-state index contributed by atoms with van der Waals surface area (Å²) in [5.41, 5.74) is 5.47. The largest absolute Gasteiger partial charge is 0.396 e. The van der Waals surface area contributed by atoms with Crippen LogP contribution in [0, 0.1) is 12.7 Å². The molecule has 0 atom stereocenters. The van der Waals surface area contributed by atoms with Crippen molar-refractivity contribution in [3.8, 4) is 0 Å². The van der Waals surface area contributed by atoms with Gasteiger partial charge in [-0.15, -0.1) is 0 Å². The van der Waals surface area contributed by atoms with Crippen molar-refractivity contribution in [1.82, 2.24) is 4.98 Å². The van der Waals surface area contributed by atoms with Gasteiger partial charge in [-0.2, -0.15) is 0 Å². The molecule has 0 aliphatic rings. The number of nitrogen functional groups attached to an aromatic ring is 1. The number of pyridine rings is 1. The number of aryl methyl sites for hydroxylation is 1. The first-order valence-corrected chi connectivity index (χ1v) is 7.23. The second kappa shape index (κ2) is 5.09. The van der Waals surface area contributed by atoms with Gasteiger partial charge in [-0.05, 0) is 36.8 Å². The van der Waals surface area contributed by atoms with Crippen molar-refractivity contribution in [2.45, 2.75) is 11.8 Å². The van der Waals surface area contributed by atoms with Crippen LogP contribution in [-0.2, 0) is 10.0 Å². The van der Waals surface area contributed by atoms with Crippen LogP contribution in [0.3, 0.4) is 0 Å². The minimum atomic E-state index is -3.83. The van der Waals surface area contributed by atoms with E-state index < -0.39 is 15.8 Å². The molecule has 0 radical (unpaired) electrons. The highest BCUT2D eigenvalue weighted by Crippen LogP contribution is 2.25. The van der Waals surface area contributed by atoms with Crippen LogP contribution in [0.1, 0.15) is 5.56 Å². The van der Waals surface area contributed by atoms with E-state index in [1.54, 1.807) is 18.2 Å². The maximum atomic E-state index is 13.5. The number of rotatable bonds is 3. The number of aromatic nitrogens is 1. The van der Waals surface area contributed by atoms with Gasteiger partial charge in [0.05, 0.1) is 10.6 Å². The summed E-state index contributed by atoms with van der Waals surface area (Å²) in [4.78, 5) is 3.91. The Morgan fingerprint density at radius 3 is 2.55 bits per heavy atom. The van der Waals surface area contributed by atoms with Crippen molar-refractivity contribution in [1.29, 1.82) is 0 Å². The van der Waals surface area contributed by atoms with Gasteiger partial charge in [0.1, 0.15) is 11.6 Å². The predicted molar refractivity (Wildman–Crippen MR) is 75.4 cm³/mol. The Morgan fingerprint density at radius 2 is 2.00 bits per heavy atom. The molecule has 1 aromatic heterocycles. The van der Waals surface area contributed by atoms with Gasteiger partial charge < -0.3 is 5.73 Å². The Balaban J connectivity index is 2.51. The molecular formula is C13H14FN3O2S. The lowest BCUT2D eigenvalue weighted by molar-refractivity contribution is 0.592. The minimum Gasteiger partial charge on any atom is -0.396 e. The first-order valence-electron chi connectivity index (χ1n) is 5.79. The number of hydrogen-bond donors (Lipinski definition) is 1. The van der Waals surface area contributed by atoms with Gasteiger partial charge >= 0.3 is 0 Å². The molecule has 7 heteroatoms. The lowest BCUT2D eigenvalue weighted by atomic mass is 10.2. The summed E-state index contributed by atoms with van der Waals surface area (Å²) in [6.07, 6.45) is 1.49. The molecule has 0 saturated carbocycles. The van der Waals surface area contributed by atoms with Gasteiger partial charge in [0.15, 0.2) is 0 Å². The highest BCUT2D eigenvalue weighted by Gasteiger charge is 2.23. The van der Waals surface area contributed by atoms with E-state index in [2.05, 4.69) is 4.98 Å². The maximum Gasteiger partial charge on any atom is 0.265 e. The zero-order valence-electron chi connectivity index (χ0n) is 11.0. The zero-order chi connectivity index (χ0) is 14.9. The molecule has 2 N–H and O–H groups in total. The summed E-state index contributed by atoms with van der Waals surface area (Å²) in [5.74, 6) is -0.336. The number of halogens is 1. The van der Waals surface area contributed by atoms with Gasteiger partial charge in [0, 0.05) is 13.2 Å². The Bertz CT molecular complexity index is 710. The van der Waals surface area contributed by atoms with Crippen LogP contribution < -0.4 is 10.0 Å². The van der Waals surface area contributed by atoms with Crippen LogP contribution in [-0.4, -0.2) is 20.4 Å². The molecule has 106 valence electrons. The Kier molecular flexibility index (Phi) is 3.63. The van der Waals surface area contributed by atoms with Crippen molar-refractivity contribution < 1.29 is 12.8 Å². The number of anilines is 2. The molecule has 0 bridgehead atoms. The van der Waals surface area contributed by atoms with Crippen LogP contribution in [0.2, 0.25) is 0 Å². The lowest BCUT2D eigenvalue weighted by Crippen LogP contribution is -2.27. The van der Waals surface area contributed by atoms with Crippen molar-refractivity contribution in [3.63, 3.8) is 0 Å². The highest BCUT2D eigenvalue weighted by molar-refractivity contribution is 7.92. The highest BCUT2D eigenvalue weighted by atomic mass is 32.2. The molecule has 0 saturated heterocycles. The molecule has 20 heavy (non-hydrogen) atoms. The van der Waals surface area contributed by atoms with Crippen molar-refractivity contribution >= 4 is 21.5 Å². The Morgan fingerprint density at radius 1 is 1.30 bits per heavy atom. The Labute approximate surface area is 116 Å². The number of hydrogen-bond acceptors (Lipinski definition) is 4. The van der Waals surface area contributed by atoms with Crippen LogP contribution in [0.15, 0.2) is 41.4 Å². The summed E-state index contributed by atoms with van der Waals surface area (Å²) in [7, 11) is -2.45. The monoisotopic (exact) mass is 295 g/mol. The van der Waals surface area contributed by atoms with Crippen molar-refractivity contribution in [2.24, 2.45) is 0 Å². The molecule has 0 spiro atoms. The van der Waals surface area contributed by atoms with E-state index in [0.717, 1.165) is 10.4 Å². The first kappa shape index (κ1) is 14.3. The number of benzene rings is 1. The van der Waals surface area contributed by atoms with Gasteiger partial charge in [-0.3, -0.25) is 4.31 Å². The summed E-state index contributed by atoms with van der Waals surface area (Å²) in [6.45, 7) is 1.46. The second-order valence-corrected chi connectivity index (χ2v) is 6.27. The van der Waals surface area contributed by atoms with E-state index in [9.17, 15) is 12.8 Å². The fourth-order valence-corrected chi connectivity index (χ4v) is 3.00. The number of nitrogens with two attached hydrogens (primary N) is 1. The van der Waals surface area contributed by atoms with Crippen molar-refractivity contribution in [3.05, 3.63) is 47.9 Å². The average Bonchev–Trinajstić information content (AvgIpc) is 2.44. The normalized spacial score (nSPS) is 11.3. The van der Waals surface area contributed by atoms with Crippen LogP contribution in [0.4, 0.5) is 15.9 Å². The van der Waals surface area contributed by atoms with Gasteiger partial charge in [0.2, 0.25) is 0 Å². The molecule has 0 aliphatic heterocycles. The molecule has 0 aliphatic carbocycles. The van der Waals surface area contributed by atoms with E-state index in [1.165, 1.54) is 26.2 Å². The van der Waals surface area contributed by atoms with Gasteiger partial charge in [-0.25, -0.2) is 17.8 Å². The van der Waals surface area contributed by atoms with E-state index >= 15 is 0 Å². The SMILES string of the molecule is Cc1cc(S(=O)(=O)N(C)c2ccccn2)cc(N)c1F. The molecule has 5 nitrogen and oxygen atoms in total. The molecule has 0 amide bonds. The molecule has 2 aromatic rings. The smallest absolute Gasteiger partial charge is 0.265 e. The third-order valence-electron chi connectivity index (χ3n) is 2.89. The topological polar surface area (TPSA) is 76.3 Å². The van der Waals surface area contributed by atoms with Crippen molar-refractivity contribution in [2.75, 3.05) is 17.1 Å². The standard InChI is InChI=1S/C13H14FN3O2S/c1-9-7-10(8-11(15)13(9)14)20(18,19)17(2)12-5-3-4-6-16-12/h3-8H,15H2,1-2H3. The fraction of sp³-hybridized carbons (Fsp3) is 0.154. The van der Waals surface area contributed by atoms with E-state index in [0.29, 0.717) is 0 Å². The minimum absolute atomic E-state index is 0.0675. The van der Waals surface area contributed by atoms with E-state index in [4.69, 9.17) is 5.73 Å². The summed E-state index contributed by atoms with van der Waals surface area (Å²) < 4.78 is 39.4. The summed E-state index contributed by atoms with van der Waals surface area (Å²) >= 11 is 0. The molecule has 0 unspecified atom stereocenters. The molecule has 0 fully saturated rings. The van der Waals surface area contributed by atoms with Gasteiger partial charge in [0.25, 0.3) is 10.0 Å². The Hall–Kier alpha value is -2.15. The molecule has 1 heterocycles.